The number of carbonyl (C=O) groups excluding carboxylic acids is 3. The summed E-state index contributed by atoms with van der Waals surface area (Å²) in [7, 11) is 0. The van der Waals surface area contributed by atoms with Crippen molar-refractivity contribution in [2.75, 3.05) is 70.5 Å². The SMILES string of the molecule is C=CC(O)N1CCN(c2nc(OCCN3CCC(COCC(=O)N[C@H](C(=O)N4C[C@@H](O)C[C@H]4C(=O)N[C@@H](C)c4ccc(-c5scnc5C)cc4)C(C)(C)C)CC3)nc3c(F)c(-c4cc(O)cc5ccccc45)c(Cl)cc23)C[C@@H]1CC#N. The molecular formula is C60H70ClFN10O8S. The highest BCUT2D eigenvalue weighted by Crippen LogP contribution is 2.43. The number of likely N-dealkylation sites (tertiary alicyclic amines) is 2. The summed E-state index contributed by atoms with van der Waals surface area (Å²) >= 11 is 8.53. The second-order valence-electron chi connectivity index (χ2n) is 22.4. The van der Waals surface area contributed by atoms with E-state index in [0.717, 1.165) is 47.6 Å². The second-order valence-corrected chi connectivity index (χ2v) is 23.6. The number of aliphatic hydroxyl groups excluding tert-OH is 2. The number of hydrogen-bond donors (Lipinski definition) is 5. The van der Waals surface area contributed by atoms with Crippen LogP contribution < -0.4 is 20.3 Å². The summed E-state index contributed by atoms with van der Waals surface area (Å²) in [6, 6.07) is 19.4. The Morgan fingerprint density at radius 2 is 1.78 bits per heavy atom. The van der Waals surface area contributed by atoms with Crippen molar-refractivity contribution < 1.29 is 43.6 Å². The molecule has 3 aliphatic rings. The van der Waals surface area contributed by atoms with Gasteiger partial charge in [-0.1, -0.05) is 87.5 Å². The third-order valence-corrected chi connectivity index (χ3v) is 16.9. The van der Waals surface area contributed by atoms with Gasteiger partial charge in [0.15, 0.2) is 5.82 Å². The average Bonchev–Trinajstić information content (AvgIpc) is 3.96. The normalized spacial score (nSPS) is 19.5. The van der Waals surface area contributed by atoms with Gasteiger partial charge in [0, 0.05) is 56.1 Å². The van der Waals surface area contributed by atoms with Gasteiger partial charge in [0.05, 0.1) is 52.3 Å². The van der Waals surface area contributed by atoms with Crippen LogP contribution in [0.2, 0.25) is 5.02 Å². The number of ether oxygens (including phenoxy) is 2. The zero-order valence-corrected chi connectivity index (χ0v) is 47.9. The summed E-state index contributed by atoms with van der Waals surface area (Å²) in [5, 5.41) is 49.6. The lowest BCUT2D eigenvalue weighted by molar-refractivity contribution is -0.144. The van der Waals surface area contributed by atoms with Gasteiger partial charge in [-0.15, -0.1) is 11.3 Å². The number of aliphatic hydroxyl groups is 2. The van der Waals surface area contributed by atoms with Gasteiger partial charge in [0.2, 0.25) is 17.7 Å². The van der Waals surface area contributed by atoms with Crippen LogP contribution in [-0.4, -0.2) is 159 Å². The summed E-state index contributed by atoms with van der Waals surface area (Å²) in [5.74, 6) is -1.55. The Morgan fingerprint density at radius 3 is 2.48 bits per heavy atom. The number of thiazole rings is 1. The van der Waals surface area contributed by atoms with Crippen LogP contribution in [-0.2, 0) is 19.1 Å². The molecule has 2 aromatic heterocycles. The Morgan fingerprint density at radius 1 is 1.02 bits per heavy atom. The van der Waals surface area contributed by atoms with Crippen LogP contribution >= 0.6 is 22.9 Å². The highest BCUT2D eigenvalue weighted by molar-refractivity contribution is 7.13. The van der Waals surface area contributed by atoms with Crippen molar-refractivity contribution in [3.8, 4) is 39.4 Å². The highest BCUT2D eigenvalue weighted by atomic mass is 35.5. The van der Waals surface area contributed by atoms with Crippen LogP contribution in [0, 0.1) is 35.4 Å². The number of nitriles is 1. The number of anilines is 1. The van der Waals surface area contributed by atoms with E-state index in [1.54, 1.807) is 28.4 Å². The number of amides is 3. The van der Waals surface area contributed by atoms with E-state index in [1.165, 1.54) is 17.0 Å². The smallest absolute Gasteiger partial charge is 0.319 e. The van der Waals surface area contributed by atoms with Gasteiger partial charge >= 0.3 is 6.01 Å². The topological polar surface area (TPSA) is 230 Å². The molecule has 0 bridgehead atoms. The second kappa shape index (κ2) is 25.5. The van der Waals surface area contributed by atoms with Gasteiger partial charge in [-0.05, 0) is 103 Å². The third-order valence-electron chi connectivity index (χ3n) is 15.7. The van der Waals surface area contributed by atoms with Crippen molar-refractivity contribution in [2.45, 2.75) is 96.8 Å². The molecule has 21 heteroatoms. The number of phenolic OH excluding ortho intramolecular Hbond substituents is 1. The van der Waals surface area contributed by atoms with Crippen molar-refractivity contribution in [2.24, 2.45) is 11.3 Å². The lowest BCUT2D eigenvalue weighted by Crippen LogP contribution is -2.58. The minimum atomic E-state index is -0.998. The summed E-state index contributed by atoms with van der Waals surface area (Å²) in [6.07, 6.45) is 1.30. The van der Waals surface area contributed by atoms with E-state index in [0.29, 0.717) is 53.8 Å². The van der Waals surface area contributed by atoms with E-state index >= 15 is 4.39 Å². The van der Waals surface area contributed by atoms with Crippen LogP contribution in [0.5, 0.6) is 11.8 Å². The van der Waals surface area contributed by atoms with Crippen LogP contribution in [0.25, 0.3) is 43.2 Å². The number of carbonyl (C=O) groups is 3. The quantitative estimate of drug-likeness (QED) is 0.0488. The van der Waals surface area contributed by atoms with Crippen LogP contribution in [0.3, 0.4) is 0 Å². The number of piperazine rings is 1. The minimum absolute atomic E-state index is 0.0334. The molecule has 3 saturated heterocycles. The Kier molecular flexibility index (Phi) is 18.5. The van der Waals surface area contributed by atoms with Crippen LogP contribution in [0.1, 0.15) is 70.7 Å². The van der Waals surface area contributed by atoms with Gasteiger partial charge < -0.3 is 45.2 Å². The Bertz CT molecular complexity index is 3310. The molecular weight excluding hydrogens is 1080 g/mol. The van der Waals surface area contributed by atoms with Crippen molar-refractivity contribution in [1.82, 2.24) is 40.3 Å². The monoisotopic (exact) mass is 1140 g/mol. The lowest BCUT2D eigenvalue weighted by Gasteiger charge is -2.42. The molecule has 9 rings (SSSR count). The Labute approximate surface area is 480 Å². The molecule has 428 valence electrons. The number of aromatic nitrogens is 3. The van der Waals surface area contributed by atoms with E-state index in [9.17, 15) is 35.0 Å². The van der Waals surface area contributed by atoms with E-state index in [4.69, 9.17) is 26.1 Å². The predicted molar refractivity (Wildman–Crippen MR) is 310 cm³/mol. The number of β-amino-alcohol motifs (C(OH)–C–C–N with tert-alkyl or cyclic N) is 1. The molecule has 1 unspecified atom stereocenters. The largest absolute Gasteiger partial charge is 0.508 e. The molecule has 4 aromatic carbocycles. The number of nitrogens with zero attached hydrogens (tertiary/aromatic N) is 8. The number of phenols is 1. The number of fused-ring (bicyclic) bond motifs is 2. The molecule has 18 nitrogen and oxygen atoms in total. The van der Waals surface area contributed by atoms with E-state index in [2.05, 4.69) is 38.1 Å². The number of aromatic hydroxyl groups is 1. The molecule has 5 N–H and O–H groups in total. The zero-order chi connectivity index (χ0) is 57.7. The molecule has 0 aliphatic carbocycles. The zero-order valence-electron chi connectivity index (χ0n) is 46.3. The van der Waals surface area contributed by atoms with Gasteiger partial charge in [-0.3, -0.25) is 24.2 Å². The first-order chi connectivity index (χ1) is 38.8. The number of halogens is 2. The Hall–Kier alpha value is -6.83. The highest BCUT2D eigenvalue weighted by Gasteiger charge is 2.45. The number of rotatable bonds is 19. The molecule has 3 aliphatic heterocycles. The number of nitrogens with one attached hydrogen (secondary N) is 2. The first-order valence-electron chi connectivity index (χ1n) is 27.4. The number of aryl methyl sites for hydroxylation is 1. The van der Waals surface area contributed by atoms with Crippen LogP contribution in [0.4, 0.5) is 10.2 Å². The number of benzene rings is 4. The first-order valence-corrected chi connectivity index (χ1v) is 28.7. The van der Waals surface area contributed by atoms with Crippen molar-refractivity contribution in [1.29, 1.82) is 5.26 Å². The Balaban J connectivity index is 0.795. The number of piperidine rings is 1. The van der Waals surface area contributed by atoms with E-state index in [1.807, 2.05) is 93.6 Å². The molecule has 0 saturated carbocycles. The average molecular weight is 1150 g/mol. The maximum atomic E-state index is 17.2. The fourth-order valence-electron chi connectivity index (χ4n) is 11.2. The molecule has 5 heterocycles. The molecule has 0 spiro atoms. The molecule has 6 aromatic rings. The summed E-state index contributed by atoms with van der Waals surface area (Å²) in [5.41, 5.74) is 4.36. The summed E-state index contributed by atoms with van der Waals surface area (Å²) in [6.45, 7) is 16.2. The molecule has 81 heavy (non-hydrogen) atoms. The molecule has 3 fully saturated rings. The van der Waals surface area contributed by atoms with E-state index < -0.39 is 53.5 Å². The van der Waals surface area contributed by atoms with Gasteiger partial charge in [-0.2, -0.15) is 15.2 Å². The van der Waals surface area contributed by atoms with Crippen molar-refractivity contribution in [3.05, 3.63) is 107 Å². The maximum absolute atomic E-state index is 17.2. The summed E-state index contributed by atoms with van der Waals surface area (Å²) in [4.78, 5) is 63.7. The fraction of sp³-hybridized carbons (Fsp3) is 0.450. The van der Waals surface area contributed by atoms with Crippen molar-refractivity contribution >= 4 is 68.2 Å². The maximum Gasteiger partial charge on any atom is 0.319 e. The van der Waals surface area contributed by atoms with E-state index in [-0.39, 0.29) is 84.9 Å². The molecule has 6 atom stereocenters. The van der Waals surface area contributed by atoms with Gasteiger partial charge in [0.25, 0.3) is 0 Å². The van der Waals surface area contributed by atoms with Gasteiger partial charge in [0.1, 0.15) is 48.6 Å². The van der Waals surface area contributed by atoms with Crippen molar-refractivity contribution in [3.63, 3.8) is 0 Å². The standard InChI is InChI=1S/C60H70ClFN10O8S/c1-7-50(76)71-23-22-70(30-41(71)16-19-63)56-46-29-47(61)51(45-27-42(73)26-40-10-8-9-11-44(40)45)52(62)53(46)67-59(68-56)80-25-24-69-20-17-37(18-21-69)32-79-33-49(75)66-55(60(4,5)6)58(78)72-31-43(74)28-48(72)57(77)65-35(2)38-12-14-39(15-13-38)54-36(3)64-34-81-54/h7-15,26-27,29,34-35,37,41,43,48,50,55,73-74,76H,1,16-18,20-25,28,30-33H2,2-6H3,(H,65,77)(H,66,75)/t35-,41-,43-,48-,50?,55+/m0/s1. The minimum Gasteiger partial charge on any atom is -0.508 e. The summed E-state index contributed by atoms with van der Waals surface area (Å²) < 4.78 is 29.4. The third kappa shape index (κ3) is 13.4. The fourth-order valence-corrected chi connectivity index (χ4v) is 12.3. The molecule has 0 radical (unpaired) electrons. The van der Waals surface area contributed by atoms with Gasteiger partial charge in [-0.25, -0.2) is 9.37 Å². The lowest BCUT2D eigenvalue weighted by atomic mass is 9.85. The predicted octanol–water partition coefficient (Wildman–Crippen LogP) is 7.77. The molecule has 3 amide bonds. The van der Waals surface area contributed by atoms with Crippen LogP contribution in [0.15, 0.2) is 84.9 Å². The number of hydrogen-bond acceptors (Lipinski definition) is 16. The first kappa shape index (κ1) is 58.8.